The second-order valence-electron chi connectivity index (χ2n) is 3.44. The average Bonchev–Trinajstić information content (AvgIpc) is 2.19. The van der Waals surface area contributed by atoms with Crippen molar-refractivity contribution in [2.45, 2.75) is 0 Å². The molecule has 0 amide bonds. The van der Waals surface area contributed by atoms with Gasteiger partial charge < -0.3 is 11.5 Å². The van der Waals surface area contributed by atoms with Crippen molar-refractivity contribution in [1.82, 2.24) is 0 Å². The Morgan fingerprint density at radius 1 is 1.00 bits per heavy atom. The summed E-state index contributed by atoms with van der Waals surface area (Å²) in [6.45, 7) is 0. The van der Waals surface area contributed by atoms with Crippen LogP contribution in [-0.2, 0) is 0 Å². The van der Waals surface area contributed by atoms with Gasteiger partial charge in [-0.1, -0.05) is 45.7 Å². The van der Waals surface area contributed by atoms with E-state index in [1.165, 1.54) is 0 Å². The van der Waals surface area contributed by atoms with E-state index < -0.39 is 0 Å². The number of nitrogen functional groups attached to an aromatic ring is 2. The van der Waals surface area contributed by atoms with Crippen molar-refractivity contribution in [3.63, 3.8) is 0 Å². The highest BCUT2D eigenvalue weighted by atomic mass is 79.9. The van der Waals surface area contributed by atoms with Crippen LogP contribution in [0.2, 0.25) is 5.02 Å². The molecule has 0 saturated heterocycles. The number of nitrogens with two attached hydrogens (primary N) is 2. The normalized spacial score (nSPS) is 10.4. The van der Waals surface area contributed by atoms with Gasteiger partial charge in [0.2, 0.25) is 0 Å². The molecule has 0 bridgehead atoms. The monoisotopic (exact) mass is 296 g/mol. The first-order chi connectivity index (χ1) is 7.59. The number of hydrogen-bond donors (Lipinski definition) is 2. The molecule has 0 aromatic heterocycles. The predicted octanol–water partition coefficient (Wildman–Crippen LogP) is 3.93. The smallest absolute Gasteiger partial charge is 0.0517 e. The lowest BCUT2D eigenvalue weighted by Crippen LogP contribution is -1.95. The van der Waals surface area contributed by atoms with Gasteiger partial charge in [-0.3, -0.25) is 0 Å². The summed E-state index contributed by atoms with van der Waals surface area (Å²) in [5.41, 5.74) is 14.8. The number of anilines is 2. The second kappa shape index (κ2) is 4.36. The SMILES string of the molecule is Nc1ccccc1-c1c(N)cc(Br)cc1Cl. The molecule has 0 unspecified atom stereocenters. The number of para-hydroxylation sites is 1. The summed E-state index contributed by atoms with van der Waals surface area (Å²) < 4.78 is 0.855. The minimum atomic E-state index is 0.588. The van der Waals surface area contributed by atoms with E-state index in [4.69, 9.17) is 23.1 Å². The molecule has 0 radical (unpaired) electrons. The molecular weight excluding hydrogens is 288 g/mol. The Balaban J connectivity index is 2.70. The van der Waals surface area contributed by atoms with Crippen LogP contribution in [-0.4, -0.2) is 0 Å². The Morgan fingerprint density at radius 3 is 2.31 bits per heavy atom. The minimum Gasteiger partial charge on any atom is -0.398 e. The van der Waals surface area contributed by atoms with Crippen molar-refractivity contribution in [2.24, 2.45) is 0 Å². The molecule has 0 saturated carbocycles. The Bertz CT molecular complexity index is 517. The summed E-state index contributed by atoms with van der Waals surface area (Å²) in [5.74, 6) is 0. The lowest BCUT2D eigenvalue weighted by molar-refractivity contribution is 1.58. The van der Waals surface area contributed by atoms with E-state index in [2.05, 4.69) is 15.9 Å². The molecule has 0 aliphatic carbocycles. The first kappa shape index (κ1) is 11.3. The first-order valence-electron chi connectivity index (χ1n) is 4.69. The summed E-state index contributed by atoms with van der Waals surface area (Å²) in [6, 6.07) is 11.1. The van der Waals surface area contributed by atoms with Crippen molar-refractivity contribution in [1.29, 1.82) is 0 Å². The molecule has 0 atom stereocenters. The van der Waals surface area contributed by atoms with E-state index >= 15 is 0 Å². The lowest BCUT2D eigenvalue weighted by atomic mass is 10.0. The predicted molar refractivity (Wildman–Crippen MR) is 73.4 cm³/mol. The summed E-state index contributed by atoms with van der Waals surface area (Å²) in [5, 5.41) is 0.588. The summed E-state index contributed by atoms with van der Waals surface area (Å²) in [4.78, 5) is 0. The molecule has 4 heteroatoms. The Labute approximate surface area is 107 Å². The molecule has 4 N–H and O–H groups in total. The highest BCUT2D eigenvalue weighted by Gasteiger charge is 2.11. The van der Waals surface area contributed by atoms with Gasteiger partial charge in [0.05, 0.1) is 5.02 Å². The third kappa shape index (κ3) is 2.01. The maximum absolute atomic E-state index is 6.18. The Morgan fingerprint density at radius 2 is 1.69 bits per heavy atom. The standard InChI is InChI=1S/C12H10BrClN2/c13-7-5-9(14)12(11(16)6-7)8-3-1-2-4-10(8)15/h1-6H,15-16H2. The zero-order chi connectivity index (χ0) is 11.7. The van der Waals surface area contributed by atoms with E-state index in [9.17, 15) is 0 Å². The highest BCUT2D eigenvalue weighted by Crippen LogP contribution is 2.38. The number of rotatable bonds is 1. The van der Waals surface area contributed by atoms with Crippen molar-refractivity contribution in [3.05, 3.63) is 45.9 Å². The molecule has 2 rings (SSSR count). The van der Waals surface area contributed by atoms with Crippen molar-refractivity contribution in [2.75, 3.05) is 11.5 Å². The van der Waals surface area contributed by atoms with Crippen LogP contribution in [0.3, 0.4) is 0 Å². The third-order valence-electron chi connectivity index (χ3n) is 2.32. The second-order valence-corrected chi connectivity index (χ2v) is 4.76. The number of halogens is 2. The minimum absolute atomic E-state index is 0.588. The molecular formula is C12H10BrClN2. The van der Waals surface area contributed by atoms with Gasteiger partial charge in [0.25, 0.3) is 0 Å². The molecule has 0 fully saturated rings. The molecule has 0 aliphatic rings. The fourth-order valence-corrected chi connectivity index (χ4v) is 2.54. The molecule has 0 heterocycles. The van der Waals surface area contributed by atoms with Crippen molar-refractivity contribution in [3.8, 4) is 11.1 Å². The summed E-state index contributed by atoms with van der Waals surface area (Å²) in [6.07, 6.45) is 0. The fourth-order valence-electron chi connectivity index (χ4n) is 1.60. The van der Waals surface area contributed by atoms with Gasteiger partial charge in [-0.05, 0) is 18.2 Å². The van der Waals surface area contributed by atoms with E-state index in [0.717, 1.165) is 15.6 Å². The fraction of sp³-hybridized carbons (Fsp3) is 0. The third-order valence-corrected chi connectivity index (χ3v) is 3.07. The van der Waals surface area contributed by atoms with Gasteiger partial charge in [-0.25, -0.2) is 0 Å². The molecule has 2 nitrogen and oxygen atoms in total. The molecule has 0 aliphatic heterocycles. The van der Waals surface area contributed by atoms with Crippen LogP contribution >= 0.6 is 27.5 Å². The zero-order valence-electron chi connectivity index (χ0n) is 8.37. The largest absolute Gasteiger partial charge is 0.398 e. The average molecular weight is 298 g/mol. The number of hydrogen-bond acceptors (Lipinski definition) is 2. The first-order valence-corrected chi connectivity index (χ1v) is 5.86. The van der Waals surface area contributed by atoms with Gasteiger partial charge in [-0.15, -0.1) is 0 Å². The summed E-state index contributed by atoms with van der Waals surface area (Å²) >= 11 is 9.52. The van der Waals surface area contributed by atoms with Crippen LogP contribution in [0, 0.1) is 0 Å². The van der Waals surface area contributed by atoms with E-state index in [1.807, 2.05) is 30.3 Å². The zero-order valence-corrected chi connectivity index (χ0v) is 10.7. The maximum atomic E-state index is 6.18. The van der Waals surface area contributed by atoms with Crippen LogP contribution in [0.5, 0.6) is 0 Å². The van der Waals surface area contributed by atoms with Crippen molar-refractivity contribution < 1.29 is 0 Å². The van der Waals surface area contributed by atoms with Gasteiger partial charge >= 0.3 is 0 Å². The van der Waals surface area contributed by atoms with Crippen LogP contribution in [0.25, 0.3) is 11.1 Å². The van der Waals surface area contributed by atoms with Gasteiger partial charge in [0, 0.05) is 27.0 Å². The Hall–Kier alpha value is -1.19. The Kier molecular flexibility index (Phi) is 3.08. The van der Waals surface area contributed by atoms with Crippen LogP contribution < -0.4 is 11.5 Å². The molecule has 0 spiro atoms. The highest BCUT2D eigenvalue weighted by molar-refractivity contribution is 9.10. The molecule has 2 aromatic rings. The van der Waals surface area contributed by atoms with Gasteiger partial charge in [0.15, 0.2) is 0 Å². The quantitative estimate of drug-likeness (QED) is 0.784. The lowest BCUT2D eigenvalue weighted by Gasteiger charge is -2.11. The van der Waals surface area contributed by atoms with Gasteiger partial charge in [0.1, 0.15) is 0 Å². The van der Waals surface area contributed by atoms with Crippen molar-refractivity contribution >= 4 is 38.9 Å². The van der Waals surface area contributed by atoms with E-state index in [0.29, 0.717) is 16.4 Å². The molecule has 16 heavy (non-hydrogen) atoms. The molecule has 2 aromatic carbocycles. The van der Waals surface area contributed by atoms with E-state index in [1.54, 1.807) is 6.07 Å². The van der Waals surface area contributed by atoms with Crippen LogP contribution in [0.1, 0.15) is 0 Å². The van der Waals surface area contributed by atoms with Crippen LogP contribution in [0.15, 0.2) is 40.9 Å². The molecule has 82 valence electrons. The topological polar surface area (TPSA) is 52.0 Å². The maximum Gasteiger partial charge on any atom is 0.0517 e. The van der Waals surface area contributed by atoms with Gasteiger partial charge in [-0.2, -0.15) is 0 Å². The summed E-state index contributed by atoms with van der Waals surface area (Å²) in [7, 11) is 0. The van der Waals surface area contributed by atoms with Crippen LogP contribution in [0.4, 0.5) is 11.4 Å². The van der Waals surface area contributed by atoms with E-state index in [-0.39, 0.29) is 0 Å². The number of benzene rings is 2.